The fourth-order valence-electron chi connectivity index (χ4n) is 5.05. The van der Waals surface area contributed by atoms with Gasteiger partial charge < -0.3 is 20.4 Å². The number of hydrogen-bond acceptors (Lipinski definition) is 8. The van der Waals surface area contributed by atoms with Crippen molar-refractivity contribution >= 4 is 39.9 Å². The van der Waals surface area contributed by atoms with E-state index in [9.17, 15) is 14.9 Å². The average molecular weight is 528 g/mol. The molecule has 39 heavy (non-hydrogen) atoms. The zero-order valence-corrected chi connectivity index (χ0v) is 22.3. The van der Waals surface area contributed by atoms with Gasteiger partial charge in [0, 0.05) is 73.2 Å². The number of pyridine rings is 1. The fourth-order valence-corrected chi connectivity index (χ4v) is 5.05. The number of carbonyl (C=O) groups excluding carboxylic acids is 1. The fraction of sp³-hybridized carbons (Fsp3) is 0.310. The first-order chi connectivity index (χ1) is 18.9. The van der Waals surface area contributed by atoms with Crippen molar-refractivity contribution in [3.05, 3.63) is 88.2 Å². The highest BCUT2D eigenvalue weighted by Crippen LogP contribution is 2.39. The van der Waals surface area contributed by atoms with Crippen LogP contribution in [-0.4, -0.2) is 79.0 Å². The standard InChI is InChI=1S/C29H33N7O3/c1-33(2)13-4-14-34-15-17-35(18-16-34)23-8-6-22(7-9-23)31-28(21-5-3-12-30-20-21)27-25-11-10-24(36(38)39)19-26(25)32-29(27)37/h3,5-12,19-20,31H,4,13-18H2,1-2H3,(H,32,37)/b28-27-. The lowest BCUT2D eigenvalue weighted by molar-refractivity contribution is -0.384. The van der Waals surface area contributed by atoms with Crippen LogP contribution in [0.4, 0.5) is 22.7 Å². The molecule has 10 heteroatoms. The van der Waals surface area contributed by atoms with E-state index in [-0.39, 0.29) is 11.6 Å². The van der Waals surface area contributed by atoms with Crippen molar-refractivity contribution < 1.29 is 9.72 Å². The third-order valence-corrected chi connectivity index (χ3v) is 7.11. The van der Waals surface area contributed by atoms with E-state index in [1.807, 2.05) is 24.3 Å². The minimum Gasteiger partial charge on any atom is -0.369 e. The molecule has 3 heterocycles. The summed E-state index contributed by atoms with van der Waals surface area (Å²) in [6.07, 6.45) is 4.55. The predicted octanol–water partition coefficient (Wildman–Crippen LogP) is 4.00. The molecular formula is C29H33N7O3. The van der Waals surface area contributed by atoms with Crippen LogP contribution in [0.2, 0.25) is 0 Å². The van der Waals surface area contributed by atoms with Crippen LogP contribution in [0.5, 0.6) is 0 Å². The summed E-state index contributed by atoms with van der Waals surface area (Å²) >= 11 is 0. The summed E-state index contributed by atoms with van der Waals surface area (Å²) in [5, 5.41) is 17.4. The van der Waals surface area contributed by atoms with Crippen molar-refractivity contribution in [3.8, 4) is 0 Å². The molecule has 1 saturated heterocycles. The van der Waals surface area contributed by atoms with Gasteiger partial charge in [-0.1, -0.05) is 0 Å². The van der Waals surface area contributed by atoms with Crippen molar-refractivity contribution in [1.82, 2.24) is 14.8 Å². The highest BCUT2D eigenvalue weighted by atomic mass is 16.6. The molecule has 1 fully saturated rings. The second kappa shape index (κ2) is 11.6. The normalized spacial score (nSPS) is 16.7. The summed E-state index contributed by atoms with van der Waals surface area (Å²) in [5.74, 6) is -0.322. The predicted molar refractivity (Wildman–Crippen MR) is 155 cm³/mol. The van der Waals surface area contributed by atoms with Gasteiger partial charge >= 0.3 is 0 Å². The number of nitro groups is 1. The number of hydrogen-bond donors (Lipinski definition) is 2. The summed E-state index contributed by atoms with van der Waals surface area (Å²) in [6, 6.07) is 16.3. The number of nitrogens with zero attached hydrogens (tertiary/aromatic N) is 5. The Kier molecular flexibility index (Phi) is 7.85. The zero-order valence-electron chi connectivity index (χ0n) is 22.3. The molecule has 0 unspecified atom stereocenters. The Labute approximate surface area is 228 Å². The Morgan fingerprint density at radius 3 is 2.54 bits per heavy atom. The van der Waals surface area contributed by atoms with Crippen LogP contribution in [0, 0.1) is 10.1 Å². The van der Waals surface area contributed by atoms with E-state index >= 15 is 0 Å². The summed E-state index contributed by atoms with van der Waals surface area (Å²) in [4.78, 5) is 35.3. The van der Waals surface area contributed by atoms with Gasteiger partial charge in [-0.05, 0) is 76.1 Å². The van der Waals surface area contributed by atoms with Gasteiger partial charge in [-0.3, -0.25) is 24.8 Å². The van der Waals surface area contributed by atoms with E-state index in [0.717, 1.165) is 50.5 Å². The summed E-state index contributed by atoms with van der Waals surface area (Å²) in [7, 11) is 4.23. The smallest absolute Gasteiger partial charge is 0.271 e. The number of amides is 1. The number of anilines is 3. The summed E-state index contributed by atoms with van der Waals surface area (Å²) in [5.41, 5.74) is 4.70. The van der Waals surface area contributed by atoms with Gasteiger partial charge in [0.1, 0.15) is 0 Å². The molecule has 5 rings (SSSR count). The third-order valence-electron chi connectivity index (χ3n) is 7.11. The lowest BCUT2D eigenvalue weighted by Gasteiger charge is -2.36. The molecule has 2 aromatic carbocycles. The second-order valence-corrected chi connectivity index (χ2v) is 10.1. The molecule has 0 spiro atoms. The van der Waals surface area contributed by atoms with E-state index in [1.165, 1.54) is 24.2 Å². The van der Waals surface area contributed by atoms with Crippen molar-refractivity contribution in [2.75, 3.05) is 68.9 Å². The monoisotopic (exact) mass is 527 g/mol. The Morgan fingerprint density at radius 1 is 1.10 bits per heavy atom. The van der Waals surface area contributed by atoms with Crippen LogP contribution in [0.15, 0.2) is 67.0 Å². The highest BCUT2D eigenvalue weighted by Gasteiger charge is 2.30. The van der Waals surface area contributed by atoms with Gasteiger partial charge in [0.2, 0.25) is 0 Å². The SMILES string of the molecule is CN(C)CCCN1CCN(c2ccc(N/C(=C3\C(=O)Nc4cc([N+](=O)[O-])ccc43)c3cccnc3)cc2)CC1. The quantitative estimate of drug-likeness (QED) is 0.244. The molecule has 2 aliphatic heterocycles. The molecule has 0 radical (unpaired) electrons. The van der Waals surface area contributed by atoms with Gasteiger partial charge in [-0.2, -0.15) is 0 Å². The molecule has 0 bridgehead atoms. The van der Waals surface area contributed by atoms with Crippen LogP contribution in [0.3, 0.4) is 0 Å². The Balaban J connectivity index is 1.35. The Bertz CT molecular complexity index is 1370. The first-order valence-electron chi connectivity index (χ1n) is 13.1. The number of benzene rings is 2. The number of rotatable bonds is 9. The molecule has 202 valence electrons. The van der Waals surface area contributed by atoms with Crippen LogP contribution in [0.25, 0.3) is 11.3 Å². The molecule has 10 nitrogen and oxygen atoms in total. The third kappa shape index (κ3) is 6.08. The van der Waals surface area contributed by atoms with E-state index in [4.69, 9.17) is 0 Å². The molecule has 0 saturated carbocycles. The molecule has 2 N–H and O–H groups in total. The summed E-state index contributed by atoms with van der Waals surface area (Å²) < 4.78 is 0. The van der Waals surface area contributed by atoms with Crippen molar-refractivity contribution in [3.63, 3.8) is 0 Å². The van der Waals surface area contributed by atoms with E-state index in [2.05, 4.69) is 56.5 Å². The van der Waals surface area contributed by atoms with Crippen LogP contribution in [0.1, 0.15) is 17.5 Å². The number of piperazine rings is 1. The number of nitrogens with one attached hydrogen (secondary N) is 2. The van der Waals surface area contributed by atoms with Crippen LogP contribution in [-0.2, 0) is 4.79 Å². The van der Waals surface area contributed by atoms with Gasteiger partial charge in [-0.25, -0.2) is 0 Å². The minimum absolute atomic E-state index is 0.0730. The summed E-state index contributed by atoms with van der Waals surface area (Å²) in [6.45, 7) is 6.32. The van der Waals surface area contributed by atoms with Gasteiger partial charge in [0.15, 0.2) is 0 Å². The molecular weight excluding hydrogens is 494 g/mol. The van der Waals surface area contributed by atoms with E-state index in [1.54, 1.807) is 18.5 Å². The molecule has 1 amide bonds. The molecule has 2 aliphatic rings. The minimum atomic E-state index is -0.471. The highest BCUT2D eigenvalue weighted by molar-refractivity contribution is 6.37. The van der Waals surface area contributed by atoms with Gasteiger partial charge in [0.25, 0.3) is 11.6 Å². The second-order valence-electron chi connectivity index (χ2n) is 10.1. The van der Waals surface area contributed by atoms with E-state index < -0.39 is 4.92 Å². The first kappa shape index (κ1) is 26.3. The maximum absolute atomic E-state index is 13.1. The van der Waals surface area contributed by atoms with Crippen LogP contribution >= 0.6 is 0 Å². The number of nitro benzene ring substituents is 1. The van der Waals surface area contributed by atoms with Gasteiger partial charge in [0.05, 0.1) is 21.9 Å². The molecule has 0 aliphatic carbocycles. The lowest BCUT2D eigenvalue weighted by Crippen LogP contribution is -2.46. The Morgan fingerprint density at radius 2 is 1.87 bits per heavy atom. The van der Waals surface area contributed by atoms with Crippen molar-refractivity contribution in [2.45, 2.75) is 6.42 Å². The number of aromatic nitrogens is 1. The molecule has 1 aromatic heterocycles. The van der Waals surface area contributed by atoms with Gasteiger partial charge in [-0.15, -0.1) is 0 Å². The number of fused-ring (bicyclic) bond motifs is 1. The largest absolute Gasteiger partial charge is 0.369 e. The maximum atomic E-state index is 13.1. The average Bonchev–Trinajstić information content (AvgIpc) is 3.27. The molecule has 3 aromatic rings. The number of non-ortho nitro benzene ring substituents is 1. The van der Waals surface area contributed by atoms with E-state index in [0.29, 0.717) is 22.5 Å². The lowest BCUT2D eigenvalue weighted by atomic mass is 10.0. The maximum Gasteiger partial charge on any atom is 0.271 e. The first-order valence-corrected chi connectivity index (χ1v) is 13.1. The number of carbonyl (C=O) groups is 1. The topological polar surface area (TPSA) is 107 Å². The Hall–Kier alpha value is -4.28. The van der Waals surface area contributed by atoms with Crippen molar-refractivity contribution in [2.24, 2.45) is 0 Å². The van der Waals surface area contributed by atoms with Crippen LogP contribution < -0.4 is 15.5 Å². The van der Waals surface area contributed by atoms with Crippen molar-refractivity contribution in [1.29, 1.82) is 0 Å². The molecule has 0 atom stereocenters. The zero-order chi connectivity index (χ0) is 27.4.